The number of nitrogens with zero attached hydrogens (tertiary/aromatic N) is 2. The summed E-state index contributed by atoms with van der Waals surface area (Å²) in [5.74, 6) is 0.646. The highest BCUT2D eigenvalue weighted by Crippen LogP contribution is 2.34. The Hall–Kier alpha value is -2.25. The van der Waals surface area contributed by atoms with Gasteiger partial charge in [-0.05, 0) is 74.9 Å². The summed E-state index contributed by atoms with van der Waals surface area (Å²) < 4.78 is 6.04. The molecule has 32 heavy (non-hydrogen) atoms. The number of nitrogens with one attached hydrogen (secondary N) is 1. The van der Waals surface area contributed by atoms with Crippen LogP contribution in [0.2, 0.25) is 5.02 Å². The van der Waals surface area contributed by atoms with Crippen LogP contribution in [0.5, 0.6) is 5.75 Å². The van der Waals surface area contributed by atoms with E-state index in [0.29, 0.717) is 23.9 Å². The second-order valence-corrected chi connectivity index (χ2v) is 9.84. The molecule has 8 heteroatoms. The molecule has 174 valence electrons. The van der Waals surface area contributed by atoms with Gasteiger partial charge in [-0.1, -0.05) is 18.5 Å². The molecular formula is C24H32ClN3O3S. The van der Waals surface area contributed by atoms with E-state index in [1.165, 1.54) is 4.88 Å². The van der Waals surface area contributed by atoms with Crippen molar-refractivity contribution in [2.45, 2.75) is 58.7 Å². The highest BCUT2D eigenvalue weighted by atomic mass is 35.5. The van der Waals surface area contributed by atoms with Crippen molar-refractivity contribution >= 4 is 34.9 Å². The predicted molar refractivity (Wildman–Crippen MR) is 130 cm³/mol. The number of hydrogen-bond acceptors (Lipinski definition) is 4. The van der Waals surface area contributed by atoms with Crippen LogP contribution >= 0.6 is 22.9 Å². The van der Waals surface area contributed by atoms with E-state index < -0.39 is 0 Å². The third-order valence-electron chi connectivity index (χ3n) is 5.74. The van der Waals surface area contributed by atoms with Gasteiger partial charge in [-0.25, -0.2) is 4.79 Å². The van der Waals surface area contributed by atoms with Crippen LogP contribution in [-0.4, -0.2) is 53.5 Å². The molecule has 0 bridgehead atoms. The number of urea groups is 1. The average molecular weight is 478 g/mol. The lowest BCUT2D eigenvalue weighted by Crippen LogP contribution is -2.53. The fourth-order valence-electron chi connectivity index (χ4n) is 3.80. The number of fused-ring (bicyclic) bond motifs is 1. The van der Waals surface area contributed by atoms with Gasteiger partial charge in [-0.2, -0.15) is 0 Å². The topological polar surface area (TPSA) is 61.9 Å². The third kappa shape index (κ3) is 5.95. The minimum Gasteiger partial charge on any atom is -0.491 e. The normalized spacial score (nSPS) is 16.4. The van der Waals surface area contributed by atoms with E-state index in [-0.39, 0.29) is 36.6 Å². The third-order valence-corrected chi connectivity index (χ3v) is 6.99. The van der Waals surface area contributed by atoms with Gasteiger partial charge in [-0.3, -0.25) is 4.79 Å². The van der Waals surface area contributed by atoms with E-state index in [4.69, 9.17) is 16.3 Å². The number of halogens is 1. The minimum atomic E-state index is -0.204. The van der Waals surface area contributed by atoms with Crippen LogP contribution < -0.4 is 10.1 Å². The first kappa shape index (κ1) is 24.4. The molecule has 0 unspecified atom stereocenters. The van der Waals surface area contributed by atoms with E-state index in [9.17, 15) is 9.59 Å². The number of carbonyl (C=O) groups excluding carboxylic acids is 2. The molecule has 2 aromatic rings. The Morgan fingerprint density at radius 3 is 2.62 bits per heavy atom. The molecule has 2 atom stereocenters. The van der Waals surface area contributed by atoms with Crippen molar-refractivity contribution in [3.8, 4) is 5.75 Å². The molecule has 0 radical (unpaired) electrons. The van der Waals surface area contributed by atoms with Gasteiger partial charge in [0, 0.05) is 28.5 Å². The van der Waals surface area contributed by atoms with Crippen LogP contribution in [0.3, 0.4) is 0 Å². The maximum atomic E-state index is 13.5. The van der Waals surface area contributed by atoms with Crippen LogP contribution in [0.15, 0.2) is 35.7 Å². The Kier molecular flexibility index (Phi) is 8.43. The molecule has 0 saturated carbocycles. The Morgan fingerprint density at radius 1 is 1.25 bits per heavy atom. The van der Waals surface area contributed by atoms with Crippen molar-refractivity contribution < 1.29 is 14.3 Å². The first-order valence-corrected chi connectivity index (χ1v) is 12.4. The monoisotopic (exact) mass is 477 g/mol. The fourth-order valence-corrected chi connectivity index (χ4v) is 4.85. The summed E-state index contributed by atoms with van der Waals surface area (Å²) in [7, 11) is 0. The standard InChI is InChI=1S/C24H32ClN3O3S/c1-5-17(4)28(24(30)26-16(2)3)14-23(29)27-12-10-22-20(11-13-32-22)21(27)15-31-19-8-6-18(25)7-9-19/h6-9,11,13,16-17,21H,5,10,12,14-15H2,1-4H3,(H,26,30)/t17-,21-/m1/s1. The molecule has 2 heterocycles. The van der Waals surface area contributed by atoms with Gasteiger partial charge >= 0.3 is 6.03 Å². The van der Waals surface area contributed by atoms with Crippen molar-refractivity contribution in [1.29, 1.82) is 0 Å². The summed E-state index contributed by atoms with van der Waals surface area (Å²) in [6, 6.07) is 8.87. The number of thiophene rings is 1. The lowest BCUT2D eigenvalue weighted by Gasteiger charge is -2.38. The highest BCUT2D eigenvalue weighted by molar-refractivity contribution is 7.10. The van der Waals surface area contributed by atoms with Crippen molar-refractivity contribution in [3.63, 3.8) is 0 Å². The van der Waals surface area contributed by atoms with Crippen molar-refractivity contribution in [3.05, 3.63) is 51.2 Å². The Morgan fingerprint density at radius 2 is 1.97 bits per heavy atom. The summed E-state index contributed by atoms with van der Waals surface area (Å²) >= 11 is 7.69. The number of rotatable bonds is 8. The quantitative estimate of drug-likeness (QED) is 0.573. The van der Waals surface area contributed by atoms with Crippen molar-refractivity contribution in [2.24, 2.45) is 0 Å². The largest absolute Gasteiger partial charge is 0.491 e. The zero-order valence-corrected chi connectivity index (χ0v) is 20.7. The SMILES string of the molecule is CC[C@@H](C)N(CC(=O)N1CCc2sccc2[C@H]1COc1ccc(Cl)cc1)C(=O)NC(C)C. The summed E-state index contributed by atoms with van der Waals surface area (Å²) in [6.07, 6.45) is 1.59. The molecule has 1 aliphatic rings. The van der Waals surface area contributed by atoms with E-state index >= 15 is 0 Å². The summed E-state index contributed by atoms with van der Waals surface area (Å²) in [5.41, 5.74) is 1.13. The summed E-state index contributed by atoms with van der Waals surface area (Å²) in [5, 5.41) is 5.64. The molecule has 3 amide bonds. The first-order valence-electron chi connectivity index (χ1n) is 11.1. The molecule has 0 aliphatic carbocycles. The van der Waals surface area contributed by atoms with Crippen molar-refractivity contribution in [2.75, 3.05) is 19.7 Å². The Balaban J connectivity index is 1.77. The van der Waals surface area contributed by atoms with E-state index in [2.05, 4.69) is 16.8 Å². The molecular weight excluding hydrogens is 446 g/mol. The molecule has 1 aromatic carbocycles. The van der Waals surface area contributed by atoms with E-state index in [1.54, 1.807) is 28.4 Å². The van der Waals surface area contributed by atoms with Crippen LogP contribution in [0, 0.1) is 0 Å². The fraction of sp³-hybridized carbons (Fsp3) is 0.500. The van der Waals surface area contributed by atoms with Crippen LogP contribution in [0.25, 0.3) is 0 Å². The van der Waals surface area contributed by atoms with Gasteiger partial charge in [0.05, 0.1) is 6.04 Å². The average Bonchev–Trinajstić information content (AvgIpc) is 3.24. The molecule has 6 nitrogen and oxygen atoms in total. The molecule has 0 saturated heterocycles. The molecule has 1 N–H and O–H groups in total. The van der Waals surface area contributed by atoms with Gasteiger partial charge in [0.15, 0.2) is 0 Å². The summed E-state index contributed by atoms with van der Waals surface area (Å²) in [6.45, 7) is 8.83. The highest BCUT2D eigenvalue weighted by Gasteiger charge is 2.34. The zero-order valence-electron chi connectivity index (χ0n) is 19.1. The molecule has 3 rings (SSSR count). The van der Waals surface area contributed by atoms with Gasteiger partial charge < -0.3 is 19.9 Å². The van der Waals surface area contributed by atoms with Gasteiger partial charge in [0.25, 0.3) is 0 Å². The zero-order chi connectivity index (χ0) is 23.3. The first-order chi connectivity index (χ1) is 15.3. The summed E-state index contributed by atoms with van der Waals surface area (Å²) in [4.78, 5) is 31.0. The van der Waals surface area contributed by atoms with Crippen LogP contribution in [0.1, 0.15) is 50.6 Å². The Labute approximate surface area is 199 Å². The lowest BCUT2D eigenvalue weighted by molar-refractivity contribution is -0.136. The molecule has 1 aliphatic heterocycles. The number of hydrogen-bond donors (Lipinski definition) is 1. The van der Waals surface area contributed by atoms with E-state index in [1.807, 2.05) is 44.7 Å². The predicted octanol–water partition coefficient (Wildman–Crippen LogP) is 5.12. The van der Waals surface area contributed by atoms with Gasteiger partial charge in [0.1, 0.15) is 18.9 Å². The maximum absolute atomic E-state index is 13.5. The number of amides is 3. The van der Waals surface area contributed by atoms with Crippen LogP contribution in [-0.2, 0) is 11.2 Å². The Bertz CT molecular complexity index is 915. The van der Waals surface area contributed by atoms with Crippen molar-refractivity contribution in [1.82, 2.24) is 15.1 Å². The maximum Gasteiger partial charge on any atom is 0.318 e. The number of benzene rings is 1. The molecule has 0 spiro atoms. The van der Waals surface area contributed by atoms with Crippen LogP contribution in [0.4, 0.5) is 4.79 Å². The van der Waals surface area contributed by atoms with E-state index in [0.717, 1.165) is 18.4 Å². The number of carbonyl (C=O) groups is 2. The second kappa shape index (κ2) is 11.1. The molecule has 0 fully saturated rings. The number of ether oxygens (including phenoxy) is 1. The lowest BCUT2D eigenvalue weighted by atomic mass is 10.00. The van der Waals surface area contributed by atoms with Gasteiger partial charge in [-0.15, -0.1) is 11.3 Å². The van der Waals surface area contributed by atoms with Gasteiger partial charge in [0.2, 0.25) is 5.91 Å². The second-order valence-electron chi connectivity index (χ2n) is 8.41. The smallest absolute Gasteiger partial charge is 0.318 e. The molecule has 1 aromatic heterocycles. The minimum absolute atomic E-state index is 0.00744.